The molecule has 1 aromatic carbocycles. The van der Waals surface area contributed by atoms with Crippen LogP contribution in [0.1, 0.15) is 35.8 Å². The van der Waals surface area contributed by atoms with Gasteiger partial charge in [-0.05, 0) is 43.0 Å². The fourth-order valence-corrected chi connectivity index (χ4v) is 3.40. The van der Waals surface area contributed by atoms with Crippen molar-refractivity contribution in [2.75, 3.05) is 13.1 Å². The Labute approximate surface area is 149 Å². The molecule has 0 aliphatic carbocycles. The molecule has 0 saturated carbocycles. The predicted octanol–water partition coefficient (Wildman–Crippen LogP) is 3.09. The highest BCUT2D eigenvalue weighted by Crippen LogP contribution is 2.31. The fourth-order valence-electron chi connectivity index (χ4n) is 3.40. The highest BCUT2D eigenvalue weighted by molar-refractivity contribution is 5.95. The van der Waals surface area contributed by atoms with Crippen LogP contribution in [0.3, 0.4) is 0 Å². The second kappa shape index (κ2) is 7.11. The second-order valence-electron chi connectivity index (χ2n) is 6.69. The third kappa shape index (κ3) is 3.60. The molecular weight excluding hydrogens is 345 g/mol. The standard InChI is InChI=1S/C18H21F3N4O/c1-12-6-8-24(15(9-12)11-22)17(26)13-3-2-4-14(10-13)25-16(5-7-23-25)18(19,20)21/h2-5,7,10,12,15H,6,8-9,11,22H2,1H3. The molecule has 1 saturated heterocycles. The predicted molar refractivity (Wildman–Crippen MR) is 90.8 cm³/mol. The summed E-state index contributed by atoms with van der Waals surface area (Å²) in [7, 11) is 0. The average molecular weight is 366 g/mol. The van der Waals surface area contributed by atoms with Gasteiger partial charge in [-0.15, -0.1) is 0 Å². The van der Waals surface area contributed by atoms with E-state index in [2.05, 4.69) is 12.0 Å². The van der Waals surface area contributed by atoms with Gasteiger partial charge >= 0.3 is 6.18 Å². The summed E-state index contributed by atoms with van der Waals surface area (Å²) in [5.74, 6) is 0.285. The van der Waals surface area contributed by atoms with E-state index in [1.54, 1.807) is 17.0 Å². The minimum atomic E-state index is -4.52. The van der Waals surface area contributed by atoms with Crippen LogP contribution in [0.4, 0.5) is 13.2 Å². The number of nitrogens with two attached hydrogens (primary N) is 1. The largest absolute Gasteiger partial charge is 0.433 e. The van der Waals surface area contributed by atoms with Gasteiger partial charge in [0.15, 0.2) is 0 Å². The molecule has 1 aromatic heterocycles. The minimum absolute atomic E-state index is 0.0506. The molecule has 3 rings (SSSR count). The summed E-state index contributed by atoms with van der Waals surface area (Å²) in [6, 6.07) is 6.96. The Kier molecular flexibility index (Phi) is 5.04. The van der Waals surface area contributed by atoms with E-state index >= 15 is 0 Å². The van der Waals surface area contributed by atoms with Crippen molar-refractivity contribution in [3.63, 3.8) is 0 Å². The van der Waals surface area contributed by atoms with Crippen LogP contribution in [-0.2, 0) is 6.18 Å². The molecule has 2 N–H and O–H groups in total. The first kappa shape index (κ1) is 18.4. The zero-order chi connectivity index (χ0) is 18.9. The first-order chi connectivity index (χ1) is 12.3. The van der Waals surface area contributed by atoms with Gasteiger partial charge < -0.3 is 10.6 Å². The number of nitrogens with zero attached hydrogens (tertiary/aromatic N) is 3. The van der Waals surface area contributed by atoms with Crippen molar-refractivity contribution in [1.29, 1.82) is 0 Å². The van der Waals surface area contributed by atoms with Crippen molar-refractivity contribution >= 4 is 5.91 Å². The van der Waals surface area contributed by atoms with Gasteiger partial charge in [0.05, 0.1) is 11.9 Å². The lowest BCUT2D eigenvalue weighted by Gasteiger charge is -2.38. The fraction of sp³-hybridized carbons (Fsp3) is 0.444. The summed E-state index contributed by atoms with van der Waals surface area (Å²) in [5, 5.41) is 3.76. The highest BCUT2D eigenvalue weighted by Gasteiger charge is 2.35. The van der Waals surface area contributed by atoms with Gasteiger partial charge in [-0.1, -0.05) is 13.0 Å². The lowest BCUT2D eigenvalue weighted by molar-refractivity contribution is -0.142. The Morgan fingerprint density at radius 2 is 2.12 bits per heavy atom. The SMILES string of the molecule is CC1CCN(C(=O)c2cccc(-n3nccc3C(F)(F)F)c2)C(CN)C1. The molecule has 1 amide bonds. The van der Waals surface area contributed by atoms with Gasteiger partial charge in [-0.3, -0.25) is 4.79 Å². The zero-order valence-electron chi connectivity index (χ0n) is 14.4. The second-order valence-corrected chi connectivity index (χ2v) is 6.69. The molecule has 1 aliphatic heterocycles. The third-order valence-corrected chi connectivity index (χ3v) is 4.78. The maximum atomic E-state index is 13.1. The normalized spacial score (nSPS) is 21.0. The number of halogens is 3. The summed E-state index contributed by atoms with van der Waals surface area (Å²) in [4.78, 5) is 14.6. The van der Waals surface area contributed by atoms with Crippen molar-refractivity contribution in [1.82, 2.24) is 14.7 Å². The first-order valence-corrected chi connectivity index (χ1v) is 8.54. The van der Waals surface area contributed by atoms with Crippen LogP contribution in [0.25, 0.3) is 5.69 Å². The number of hydrogen-bond acceptors (Lipinski definition) is 3. The van der Waals surface area contributed by atoms with E-state index in [1.807, 2.05) is 0 Å². The molecule has 2 atom stereocenters. The van der Waals surface area contributed by atoms with Crippen molar-refractivity contribution in [3.05, 3.63) is 47.8 Å². The summed E-state index contributed by atoms with van der Waals surface area (Å²) in [6.45, 7) is 3.09. The van der Waals surface area contributed by atoms with Crippen LogP contribution in [-0.4, -0.2) is 39.7 Å². The van der Waals surface area contributed by atoms with Crippen molar-refractivity contribution in [2.24, 2.45) is 11.7 Å². The van der Waals surface area contributed by atoms with Crippen LogP contribution in [0.5, 0.6) is 0 Å². The van der Waals surface area contributed by atoms with E-state index in [1.165, 1.54) is 12.1 Å². The molecule has 140 valence electrons. The highest BCUT2D eigenvalue weighted by atomic mass is 19.4. The van der Waals surface area contributed by atoms with Gasteiger partial charge in [0.1, 0.15) is 5.69 Å². The Balaban J connectivity index is 1.90. The number of piperidine rings is 1. The average Bonchev–Trinajstić information content (AvgIpc) is 3.11. The van der Waals surface area contributed by atoms with Crippen LogP contribution < -0.4 is 5.73 Å². The molecule has 2 aromatic rings. The number of benzene rings is 1. The lowest BCUT2D eigenvalue weighted by Crippen LogP contribution is -2.49. The molecule has 2 unspecified atom stereocenters. The van der Waals surface area contributed by atoms with Crippen LogP contribution in [0, 0.1) is 5.92 Å². The number of carbonyl (C=O) groups excluding carboxylic acids is 1. The quantitative estimate of drug-likeness (QED) is 0.908. The molecular formula is C18H21F3N4O. The maximum Gasteiger partial charge on any atom is 0.433 e. The van der Waals surface area contributed by atoms with Crippen LogP contribution >= 0.6 is 0 Å². The molecule has 0 spiro atoms. The molecule has 1 fully saturated rings. The summed E-state index contributed by atoms with van der Waals surface area (Å²) in [6.07, 6.45) is -1.71. The van der Waals surface area contributed by atoms with Crippen LogP contribution in [0.2, 0.25) is 0 Å². The van der Waals surface area contributed by atoms with Crippen molar-refractivity contribution < 1.29 is 18.0 Å². The molecule has 0 radical (unpaired) electrons. The number of likely N-dealkylation sites (tertiary alicyclic amines) is 1. The van der Waals surface area contributed by atoms with E-state index in [0.29, 0.717) is 24.6 Å². The zero-order valence-corrected chi connectivity index (χ0v) is 14.4. The molecule has 0 bridgehead atoms. The summed E-state index contributed by atoms with van der Waals surface area (Å²) >= 11 is 0. The molecule has 5 nitrogen and oxygen atoms in total. The maximum absolute atomic E-state index is 13.1. The van der Waals surface area contributed by atoms with E-state index in [-0.39, 0.29) is 17.6 Å². The van der Waals surface area contributed by atoms with Crippen molar-refractivity contribution in [3.8, 4) is 5.69 Å². The molecule has 26 heavy (non-hydrogen) atoms. The first-order valence-electron chi connectivity index (χ1n) is 8.54. The lowest BCUT2D eigenvalue weighted by atomic mass is 9.92. The molecule has 1 aliphatic rings. The van der Waals surface area contributed by atoms with E-state index in [4.69, 9.17) is 5.73 Å². The minimum Gasteiger partial charge on any atom is -0.334 e. The monoisotopic (exact) mass is 366 g/mol. The third-order valence-electron chi connectivity index (χ3n) is 4.78. The number of carbonyl (C=O) groups is 1. The smallest absolute Gasteiger partial charge is 0.334 e. The number of aromatic nitrogens is 2. The van der Waals surface area contributed by atoms with Crippen molar-refractivity contribution in [2.45, 2.75) is 32.0 Å². The van der Waals surface area contributed by atoms with E-state index < -0.39 is 11.9 Å². The Bertz CT molecular complexity index is 787. The Morgan fingerprint density at radius 3 is 2.81 bits per heavy atom. The Morgan fingerprint density at radius 1 is 1.35 bits per heavy atom. The Hall–Kier alpha value is -2.35. The molecule has 8 heteroatoms. The van der Waals surface area contributed by atoms with Gasteiger partial charge in [0.25, 0.3) is 5.91 Å². The van der Waals surface area contributed by atoms with E-state index in [9.17, 15) is 18.0 Å². The summed E-state index contributed by atoms with van der Waals surface area (Å²) in [5.41, 5.74) is 5.46. The van der Waals surface area contributed by atoms with Crippen LogP contribution in [0.15, 0.2) is 36.5 Å². The van der Waals surface area contributed by atoms with Gasteiger partial charge in [-0.2, -0.15) is 18.3 Å². The number of hydrogen-bond donors (Lipinski definition) is 1. The number of rotatable bonds is 3. The topological polar surface area (TPSA) is 64.2 Å². The van der Waals surface area contributed by atoms with E-state index in [0.717, 1.165) is 29.8 Å². The number of alkyl halides is 3. The molecule has 2 heterocycles. The summed E-state index contributed by atoms with van der Waals surface area (Å²) < 4.78 is 40.1. The number of amides is 1. The van der Waals surface area contributed by atoms with Gasteiger partial charge in [0, 0.05) is 24.7 Å². The van der Waals surface area contributed by atoms with Gasteiger partial charge in [-0.25, -0.2) is 4.68 Å². The van der Waals surface area contributed by atoms with Gasteiger partial charge in [0.2, 0.25) is 0 Å².